The SMILES string of the molecule is CCC(C(=O)Nc1c(C)cccc1Cl)C(=O)Nc1c(C)cccc1Cl. The van der Waals surface area contributed by atoms with E-state index in [2.05, 4.69) is 10.6 Å². The van der Waals surface area contributed by atoms with Gasteiger partial charge in [-0.15, -0.1) is 0 Å². The van der Waals surface area contributed by atoms with Crippen molar-refractivity contribution in [2.75, 3.05) is 10.6 Å². The second-order valence-electron chi connectivity index (χ2n) is 5.80. The van der Waals surface area contributed by atoms with Gasteiger partial charge in [0.1, 0.15) is 5.92 Å². The third-order valence-electron chi connectivity index (χ3n) is 3.98. The molecule has 25 heavy (non-hydrogen) atoms. The summed E-state index contributed by atoms with van der Waals surface area (Å²) >= 11 is 12.3. The van der Waals surface area contributed by atoms with E-state index in [1.807, 2.05) is 26.0 Å². The highest BCUT2D eigenvalue weighted by Gasteiger charge is 2.26. The first-order valence-electron chi connectivity index (χ1n) is 7.97. The van der Waals surface area contributed by atoms with Crippen LogP contribution in [-0.2, 0) is 9.59 Å². The van der Waals surface area contributed by atoms with Gasteiger partial charge in [-0.2, -0.15) is 0 Å². The third-order valence-corrected chi connectivity index (χ3v) is 4.61. The Labute approximate surface area is 157 Å². The number of carbonyl (C=O) groups excluding carboxylic acids is 2. The summed E-state index contributed by atoms with van der Waals surface area (Å²) in [5, 5.41) is 6.39. The quantitative estimate of drug-likeness (QED) is 0.701. The van der Waals surface area contributed by atoms with E-state index < -0.39 is 17.7 Å². The summed E-state index contributed by atoms with van der Waals surface area (Å²) in [4.78, 5) is 25.2. The van der Waals surface area contributed by atoms with E-state index >= 15 is 0 Å². The monoisotopic (exact) mass is 378 g/mol. The van der Waals surface area contributed by atoms with E-state index in [9.17, 15) is 9.59 Å². The van der Waals surface area contributed by atoms with Crippen LogP contribution in [-0.4, -0.2) is 11.8 Å². The molecular formula is C19H20Cl2N2O2. The maximum Gasteiger partial charge on any atom is 0.236 e. The Hall–Kier alpha value is -2.04. The summed E-state index contributed by atoms with van der Waals surface area (Å²) in [5.41, 5.74) is 2.71. The van der Waals surface area contributed by atoms with Crippen LogP contribution >= 0.6 is 23.2 Å². The summed E-state index contributed by atoms with van der Waals surface area (Å²) in [6.07, 6.45) is 0.352. The summed E-state index contributed by atoms with van der Waals surface area (Å²) in [7, 11) is 0. The molecule has 0 aliphatic heterocycles. The molecule has 0 heterocycles. The number of benzene rings is 2. The molecule has 0 spiro atoms. The normalized spacial score (nSPS) is 10.6. The Balaban J connectivity index is 2.18. The number of para-hydroxylation sites is 2. The van der Waals surface area contributed by atoms with Gasteiger partial charge in [0, 0.05) is 0 Å². The standard InChI is InChI=1S/C19H20Cl2N2O2/c1-4-13(18(24)22-16-11(2)7-5-9-14(16)20)19(25)23-17-12(3)8-6-10-15(17)21/h5-10,13H,4H2,1-3H3,(H,22,24)(H,23,25). The molecule has 132 valence electrons. The molecule has 0 aliphatic rings. The summed E-state index contributed by atoms with van der Waals surface area (Å²) in [6, 6.07) is 10.7. The highest BCUT2D eigenvalue weighted by atomic mass is 35.5. The average Bonchev–Trinajstić information content (AvgIpc) is 2.55. The van der Waals surface area contributed by atoms with Gasteiger partial charge in [-0.25, -0.2) is 0 Å². The van der Waals surface area contributed by atoms with Crippen LogP contribution in [0.3, 0.4) is 0 Å². The van der Waals surface area contributed by atoms with Crippen molar-refractivity contribution in [2.24, 2.45) is 5.92 Å². The number of anilines is 2. The molecule has 0 bridgehead atoms. The van der Waals surface area contributed by atoms with Gasteiger partial charge < -0.3 is 10.6 Å². The van der Waals surface area contributed by atoms with Crippen LogP contribution in [0.2, 0.25) is 10.0 Å². The Kier molecular flexibility index (Phi) is 6.45. The summed E-state index contributed by atoms with van der Waals surface area (Å²) < 4.78 is 0. The molecule has 2 amide bonds. The molecule has 0 atom stereocenters. The maximum absolute atomic E-state index is 12.6. The number of hydrogen-bond acceptors (Lipinski definition) is 2. The number of nitrogens with one attached hydrogen (secondary N) is 2. The minimum atomic E-state index is -0.855. The Morgan fingerprint density at radius 2 is 1.28 bits per heavy atom. The Morgan fingerprint density at radius 1 is 0.880 bits per heavy atom. The highest BCUT2D eigenvalue weighted by molar-refractivity contribution is 6.34. The minimum Gasteiger partial charge on any atom is -0.324 e. The van der Waals surface area contributed by atoms with Gasteiger partial charge in [0.2, 0.25) is 11.8 Å². The molecule has 4 nitrogen and oxygen atoms in total. The van der Waals surface area contributed by atoms with Crippen LogP contribution in [0.1, 0.15) is 24.5 Å². The number of hydrogen-bond donors (Lipinski definition) is 2. The van der Waals surface area contributed by atoms with Gasteiger partial charge in [-0.3, -0.25) is 9.59 Å². The fourth-order valence-electron chi connectivity index (χ4n) is 2.49. The van der Waals surface area contributed by atoms with Gasteiger partial charge in [0.05, 0.1) is 21.4 Å². The van der Waals surface area contributed by atoms with Crippen molar-refractivity contribution < 1.29 is 9.59 Å². The van der Waals surface area contributed by atoms with Crippen LogP contribution in [0.15, 0.2) is 36.4 Å². The van der Waals surface area contributed by atoms with Crippen LogP contribution in [0, 0.1) is 19.8 Å². The lowest BCUT2D eigenvalue weighted by Gasteiger charge is -2.18. The van der Waals surface area contributed by atoms with Crippen molar-refractivity contribution in [1.82, 2.24) is 0 Å². The molecular weight excluding hydrogens is 359 g/mol. The minimum absolute atomic E-state index is 0.352. The van der Waals surface area contributed by atoms with E-state index in [1.165, 1.54) is 0 Å². The molecule has 2 N–H and O–H groups in total. The largest absolute Gasteiger partial charge is 0.324 e. The van der Waals surface area contributed by atoms with Crippen molar-refractivity contribution in [3.63, 3.8) is 0 Å². The van der Waals surface area contributed by atoms with Crippen LogP contribution < -0.4 is 10.6 Å². The topological polar surface area (TPSA) is 58.2 Å². The smallest absolute Gasteiger partial charge is 0.236 e. The van der Waals surface area contributed by atoms with Crippen LogP contribution in [0.4, 0.5) is 11.4 Å². The fraction of sp³-hybridized carbons (Fsp3) is 0.263. The van der Waals surface area contributed by atoms with Gasteiger partial charge in [-0.1, -0.05) is 54.4 Å². The summed E-state index contributed by atoms with van der Waals surface area (Å²) in [6.45, 7) is 5.47. The predicted molar refractivity (Wildman–Crippen MR) is 103 cm³/mol. The van der Waals surface area contributed by atoms with Gasteiger partial charge in [0.25, 0.3) is 0 Å². The lowest BCUT2D eigenvalue weighted by atomic mass is 10.0. The lowest BCUT2D eigenvalue weighted by Crippen LogP contribution is -2.33. The molecule has 6 heteroatoms. The van der Waals surface area contributed by atoms with Crippen molar-refractivity contribution >= 4 is 46.4 Å². The fourth-order valence-corrected chi connectivity index (χ4v) is 3.03. The molecule has 0 unspecified atom stereocenters. The zero-order valence-electron chi connectivity index (χ0n) is 14.3. The van der Waals surface area contributed by atoms with Crippen LogP contribution in [0.5, 0.6) is 0 Å². The first-order chi connectivity index (χ1) is 11.8. The van der Waals surface area contributed by atoms with Gasteiger partial charge in [-0.05, 0) is 43.5 Å². The molecule has 2 rings (SSSR count). The van der Waals surface area contributed by atoms with E-state index in [0.717, 1.165) is 11.1 Å². The lowest BCUT2D eigenvalue weighted by molar-refractivity contribution is -0.129. The number of aryl methyl sites for hydroxylation is 2. The molecule has 0 aromatic heterocycles. The van der Waals surface area contributed by atoms with Gasteiger partial charge in [0.15, 0.2) is 0 Å². The Bertz CT molecular complexity index is 700. The molecule has 0 saturated heterocycles. The van der Waals surface area contributed by atoms with E-state index in [4.69, 9.17) is 23.2 Å². The second-order valence-corrected chi connectivity index (χ2v) is 6.62. The zero-order chi connectivity index (χ0) is 18.6. The Morgan fingerprint density at radius 3 is 1.60 bits per heavy atom. The number of amides is 2. The third kappa shape index (κ3) is 4.53. The van der Waals surface area contributed by atoms with E-state index in [1.54, 1.807) is 31.2 Å². The number of halogens is 2. The zero-order valence-corrected chi connectivity index (χ0v) is 15.8. The first kappa shape index (κ1) is 19.3. The molecule has 0 saturated carbocycles. The predicted octanol–water partition coefficient (Wildman–Crippen LogP) is 5.21. The van der Waals surface area contributed by atoms with E-state index in [0.29, 0.717) is 27.8 Å². The number of carbonyl (C=O) groups is 2. The average molecular weight is 379 g/mol. The van der Waals surface area contributed by atoms with Crippen molar-refractivity contribution in [1.29, 1.82) is 0 Å². The van der Waals surface area contributed by atoms with Crippen molar-refractivity contribution in [3.05, 3.63) is 57.6 Å². The van der Waals surface area contributed by atoms with Crippen molar-refractivity contribution in [3.8, 4) is 0 Å². The number of rotatable bonds is 5. The molecule has 2 aromatic rings. The van der Waals surface area contributed by atoms with Crippen LogP contribution in [0.25, 0.3) is 0 Å². The molecule has 0 aliphatic carbocycles. The highest BCUT2D eigenvalue weighted by Crippen LogP contribution is 2.28. The van der Waals surface area contributed by atoms with Crippen molar-refractivity contribution in [2.45, 2.75) is 27.2 Å². The molecule has 2 aromatic carbocycles. The molecule has 0 radical (unpaired) electrons. The molecule has 0 fully saturated rings. The maximum atomic E-state index is 12.6. The van der Waals surface area contributed by atoms with Gasteiger partial charge >= 0.3 is 0 Å². The summed E-state index contributed by atoms with van der Waals surface area (Å²) in [5.74, 6) is -1.66. The first-order valence-corrected chi connectivity index (χ1v) is 8.72. The van der Waals surface area contributed by atoms with E-state index in [-0.39, 0.29) is 0 Å². The second kappa shape index (κ2) is 8.37.